The van der Waals surface area contributed by atoms with Crippen LogP contribution in [0.3, 0.4) is 0 Å². The monoisotopic (exact) mass is 271 g/mol. The summed E-state index contributed by atoms with van der Waals surface area (Å²) in [5, 5.41) is 8.27. The fourth-order valence-electron chi connectivity index (χ4n) is 2.25. The average molecular weight is 271 g/mol. The molecule has 1 unspecified atom stereocenters. The average Bonchev–Trinajstić information content (AvgIpc) is 2.72. The van der Waals surface area contributed by atoms with E-state index in [9.17, 15) is 0 Å². The molecule has 0 fully saturated rings. The number of hydrogen-bond donors (Lipinski definition) is 1. The maximum absolute atomic E-state index is 4.68. The van der Waals surface area contributed by atoms with E-state index in [1.165, 1.54) is 11.3 Å². The van der Waals surface area contributed by atoms with Crippen LogP contribution in [-0.2, 0) is 6.54 Å². The zero-order chi connectivity index (χ0) is 14.7. The second-order valence-corrected chi connectivity index (χ2v) is 5.81. The van der Waals surface area contributed by atoms with Gasteiger partial charge in [-0.05, 0) is 38.8 Å². The van der Waals surface area contributed by atoms with Gasteiger partial charge in [0.2, 0.25) is 0 Å². The van der Waals surface area contributed by atoms with E-state index in [0.29, 0.717) is 12.0 Å². The molecule has 0 aliphatic heterocycles. The van der Waals surface area contributed by atoms with Gasteiger partial charge in [-0.15, -0.1) is 0 Å². The molecule has 0 saturated heterocycles. The highest BCUT2D eigenvalue weighted by Gasteiger charge is 2.14. The predicted molar refractivity (Wildman–Crippen MR) is 84.2 cm³/mol. The van der Waals surface area contributed by atoms with Crippen LogP contribution in [0, 0.1) is 19.8 Å². The summed E-state index contributed by atoms with van der Waals surface area (Å²) in [5.41, 5.74) is 4.75. The highest BCUT2D eigenvalue weighted by atomic mass is 15.3. The van der Waals surface area contributed by atoms with E-state index >= 15 is 0 Å². The zero-order valence-corrected chi connectivity index (χ0v) is 13.1. The van der Waals surface area contributed by atoms with Gasteiger partial charge in [0, 0.05) is 23.8 Å². The molecule has 0 saturated carbocycles. The van der Waals surface area contributed by atoms with Gasteiger partial charge in [-0.1, -0.05) is 32.0 Å². The van der Waals surface area contributed by atoms with Crippen LogP contribution in [-0.4, -0.2) is 15.8 Å². The molecule has 0 bridgehead atoms. The Kier molecular flexibility index (Phi) is 4.61. The lowest BCUT2D eigenvalue weighted by Gasteiger charge is -2.17. The Labute approximate surface area is 122 Å². The summed E-state index contributed by atoms with van der Waals surface area (Å²) >= 11 is 0. The Bertz CT molecular complexity index is 555. The summed E-state index contributed by atoms with van der Waals surface area (Å²) in [5.74, 6) is 0.639. The van der Waals surface area contributed by atoms with Crippen LogP contribution in [0.1, 0.15) is 37.7 Å². The molecule has 0 aliphatic carbocycles. The van der Waals surface area contributed by atoms with Crippen molar-refractivity contribution in [1.82, 2.24) is 15.1 Å². The van der Waals surface area contributed by atoms with E-state index in [1.54, 1.807) is 0 Å². The highest BCUT2D eigenvalue weighted by molar-refractivity contribution is 5.36. The number of para-hydroxylation sites is 1. The summed E-state index contributed by atoms with van der Waals surface area (Å²) in [6.45, 7) is 11.8. The molecule has 3 heteroatoms. The van der Waals surface area contributed by atoms with Crippen LogP contribution < -0.4 is 5.32 Å². The van der Waals surface area contributed by atoms with Crippen LogP contribution in [0.4, 0.5) is 0 Å². The third-order valence-corrected chi connectivity index (χ3v) is 4.04. The molecule has 0 amide bonds. The van der Waals surface area contributed by atoms with Gasteiger partial charge in [0.1, 0.15) is 0 Å². The quantitative estimate of drug-likeness (QED) is 0.900. The standard InChI is InChI=1S/C17H25N3/c1-12(2)13(3)18-11-17-14(4)19-20(15(17)5)16-9-7-6-8-10-16/h6-10,12-13,18H,11H2,1-5H3. The molecule has 1 N–H and O–H groups in total. The lowest BCUT2D eigenvalue weighted by Crippen LogP contribution is -2.30. The molecule has 0 aliphatic rings. The van der Waals surface area contributed by atoms with Crippen molar-refractivity contribution in [1.29, 1.82) is 0 Å². The lowest BCUT2D eigenvalue weighted by molar-refractivity contribution is 0.425. The number of benzene rings is 1. The minimum Gasteiger partial charge on any atom is -0.310 e. The van der Waals surface area contributed by atoms with Gasteiger partial charge in [0.25, 0.3) is 0 Å². The van der Waals surface area contributed by atoms with Crippen molar-refractivity contribution >= 4 is 0 Å². The highest BCUT2D eigenvalue weighted by Crippen LogP contribution is 2.18. The first-order valence-electron chi connectivity index (χ1n) is 7.34. The number of aryl methyl sites for hydroxylation is 1. The molecule has 2 rings (SSSR count). The summed E-state index contributed by atoms with van der Waals surface area (Å²) in [6.07, 6.45) is 0. The van der Waals surface area contributed by atoms with Gasteiger partial charge < -0.3 is 5.32 Å². The van der Waals surface area contributed by atoms with Crippen LogP contribution in [0.2, 0.25) is 0 Å². The molecule has 0 spiro atoms. The van der Waals surface area contributed by atoms with Crippen LogP contribution in [0.5, 0.6) is 0 Å². The second kappa shape index (κ2) is 6.23. The molecule has 1 heterocycles. The maximum atomic E-state index is 4.68. The summed E-state index contributed by atoms with van der Waals surface area (Å²) in [4.78, 5) is 0. The smallest absolute Gasteiger partial charge is 0.0648 e. The lowest BCUT2D eigenvalue weighted by atomic mass is 10.1. The Morgan fingerprint density at radius 2 is 1.75 bits per heavy atom. The number of hydrogen-bond acceptors (Lipinski definition) is 2. The molecular formula is C17H25N3. The van der Waals surface area contributed by atoms with Gasteiger partial charge in [-0.3, -0.25) is 0 Å². The van der Waals surface area contributed by atoms with Gasteiger partial charge in [0.15, 0.2) is 0 Å². The maximum Gasteiger partial charge on any atom is 0.0648 e. The van der Waals surface area contributed by atoms with Gasteiger partial charge in [-0.2, -0.15) is 5.10 Å². The predicted octanol–water partition coefficient (Wildman–Crippen LogP) is 3.62. The first-order valence-corrected chi connectivity index (χ1v) is 7.34. The molecule has 20 heavy (non-hydrogen) atoms. The second-order valence-electron chi connectivity index (χ2n) is 5.81. The topological polar surface area (TPSA) is 29.9 Å². The molecule has 3 nitrogen and oxygen atoms in total. The fraction of sp³-hybridized carbons (Fsp3) is 0.471. The Balaban J connectivity index is 2.22. The van der Waals surface area contributed by atoms with Gasteiger partial charge in [0.05, 0.1) is 11.4 Å². The van der Waals surface area contributed by atoms with Crippen molar-refractivity contribution in [2.24, 2.45) is 5.92 Å². The molecule has 108 valence electrons. The number of nitrogens with one attached hydrogen (secondary N) is 1. The van der Waals surface area contributed by atoms with E-state index in [-0.39, 0.29) is 0 Å². The molecular weight excluding hydrogens is 246 g/mol. The van der Waals surface area contributed by atoms with E-state index in [2.05, 4.69) is 57.2 Å². The third-order valence-electron chi connectivity index (χ3n) is 4.04. The molecule has 1 atom stereocenters. The minimum atomic E-state index is 0.508. The largest absolute Gasteiger partial charge is 0.310 e. The number of nitrogens with zero attached hydrogens (tertiary/aromatic N) is 2. The normalized spacial score (nSPS) is 12.9. The third kappa shape index (κ3) is 3.10. The zero-order valence-electron chi connectivity index (χ0n) is 13.1. The molecule has 0 radical (unpaired) electrons. The molecule has 1 aromatic heterocycles. The van der Waals surface area contributed by atoms with Crippen molar-refractivity contribution in [3.8, 4) is 5.69 Å². The Morgan fingerprint density at radius 1 is 1.10 bits per heavy atom. The first-order chi connectivity index (χ1) is 9.50. The number of rotatable bonds is 5. The van der Waals surface area contributed by atoms with Crippen molar-refractivity contribution in [2.45, 2.75) is 47.2 Å². The van der Waals surface area contributed by atoms with Gasteiger partial charge >= 0.3 is 0 Å². The van der Waals surface area contributed by atoms with Crippen molar-refractivity contribution < 1.29 is 0 Å². The van der Waals surface area contributed by atoms with E-state index in [0.717, 1.165) is 17.9 Å². The summed E-state index contributed by atoms with van der Waals surface area (Å²) in [7, 11) is 0. The van der Waals surface area contributed by atoms with Crippen LogP contribution in [0.15, 0.2) is 30.3 Å². The Morgan fingerprint density at radius 3 is 2.35 bits per heavy atom. The molecule has 1 aromatic carbocycles. The van der Waals surface area contributed by atoms with Gasteiger partial charge in [-0.25, -0.2) is 4.68 Å². The minimum absolute atomic E-state index is 0.508. The Hall–Kier alpha value is -1.61. The summed E-state index contributed by atoms with van der Waals surface area (Å²) in [6, 6.07) is 10.8. The summed E-state index contributed by atoms with van der Waals surface area (Å²) < 4.78 is 2.03. The molecule has 2 aromatic rings. The van der Waals surface area contributed by atoms with E-state index in [1.807, 2.05) is 22.9 Å². The van der Waals surface area contributed by atoms with Crippen molar-refractivity contribution in [3.63, 3.8) is 0 Å². The first kappa shape index (κ1) is 14.8. The van der Waals surface area contributed by atoms with E-state index < -0.39 is 0 Å². The van der Waals surface area contributed by atoms with E-state index in [4.69, 9.17) is 0 Å². The van der Waals surface area contributed by atoms with Crippen LogP contribution >= 0.6 is 0 Å². The van der Waals surface area contributed by atoms with Crippen LogP contribution in [0.25, 0.3) is 5.69 Å². The number of aromatic nitrogens is 2. The van der Waals surface area contributed by atoms with Crippen molar-refractivity contribution in [2.75, 3.05) is 0 Å². The fourth-order valence-corrected chi connectivity index (χ4v) is 2.25. The SMILES string of the molecule is Cc1nn(-c2ccccc2)c(C)c1CNC(C)C(C)C. The van der Waals surface area contributed by atoms with Crippen molar-refractivity contribution in [3.05, 3.63) is 47.3 Å².